The standard InChI is InChI=1S/C11H11NO3S/c1-15-10(14)6-8(13)11-12-7-4-2-3-5-9(7)16-11/h2-5,8,13H,6H2,1H3/t8-/m0/s1. The van der Waals surface area contributed by atoms with Crippen molar-refractivity contribution in [3.8, 4) is 0 Å². The summed E-state index contributed by atoms with van der Waals surface area (Å²) >= 11 is 1.39. The highest BCUT2D eigenvalue weighted by molar-refractivity contribution is 7.18. The van der Waals surface area contributed by atoms with Gasteiger partial charge in [0.1, 0.15) is 11.1 Å². The van der Waals surface area contributed by atoms with Gasteiger partial charge in [0.2, 0.25) is 0 Å². The van der Waals surface area contributed by atoms with Crippen LogP contribution < -0.4 is 0 Å². The Morgan fingerprint density at radius 3 is 3.00 bits per heavy atom. The number of aromatic nitrogens is 1. The highest BCUT2D eigenvalue weighted by Crippen LogP contribution is 2.27. The summed E-state index contributed by atoms with van der Waals surface area (Å²) in [6.45, 7) is 0. The van der Waals surface area contributed by atoms with E-state index in [0.29, 0.717) is 5.01 Å². The minimum Gasteiger partial charge on any atom is -0.469 e. The number of thiazole rings is 1. The lowest BCUT2D eigenvalue weighted by molar-refractivity contribution is -0.142. The maximum Gasteiger partial charge on any atom is 0.308 e. The van der Waals surface area contributed by atoms with E-state index in [4.69, 9.17) is 0 Å². The van der Waals surface area contributed by atoms with E-state index in [1.807, 2.05) is 24.3 Å². The number of rotatable bonds is 3. The number of para-hydroxylation sites is 1. The summed E-state index contributed by atoms with van der Waals surface area (Å²) in [6.07, 6.45) is -0.944. The van der Waals surface area contributed by atoms with Gasteiger partial charge in [0.25, 0.3) is 0 Å². The molecule has 0 bridgehead atoms. The molecular formula is C11H11NO3S. The summed E-state index contributed by atoms with van der Waals surface area (Å²) in [5, 5.41) is 10.3. The molecule has 1 heterocycles. The molecule has 0 saturated carbocycles. The normalized spacial score (nSPS) is 12.6. The molecule has 0 fully saturated rings. The van der Waals surface area contributed by atoms with E-state index in [1.165, 1.54) is 18.4 Å². The molecule has 0 spiro atoms. The first-order valence-electron chi connectivity index (χ1n) is 4.81. The van der Waals surface area contributed by atoms with Gasteiger partial charge in [-0.1, -0.05) is 12.1 Å². The molecular weight excluding hydrogens is 226 g/mol. The van der Waals surface area contributed by atoms with Gasteiger partial charge >= 0.3 is 5.97 Å². The van der Waals surface area contributed by atoms with E-state index < -0.39 is 12.1 Å². The number of carbonyl (C=O) groups is 1. The van der Waals surface area contributed by atoms with Crippen LogP contribution in [0.4, 0.5) is 0 Å². The lowest BCUT2D eigenvalue weighted by Crippen LogP contribution is -2.07. The lowest BCUT2D eigenvalue weighted by atomic mass is 10.2. The quantitative estimate of drug-likeness (QED) is 0.828. The first-order valence-corrected chi connectivity index (χ1v) is 5.62. The largest absolute Gasteiger partial charge is 0.469 e. The van der Waals surface area contributed by atoms with Crippen molar-refractivity contribution in [2.24, 2.45) is 0 Å². The van der Waals surface area contributed by atoms with Crippen molar-refractivity contribution in [2.45, 2.75) is 12.5 Å². The third-order valence-electron chi connectivity index (χ3n) is 2.18. The lowest BCUT2D eigenvalue weighted by Gasteiger charge is -2.04. The Morgan fingerprint density at radius 1 is 1.56 bits per heavy atom. The van der Waals surface area contributed by atoms with Crippen LogP contribution in [0.5, 0.6) is 0 Å². The Hall–Kier alpha value is -1.46. The second kappa shape index (κ2) is 4.59. The van der Waals surface area contributed by atoms with Crippen LogP contribution in [0, 0.1) is 0 Å². The SMILES string of the molecule is COC(=O)C[C@H](O)c1nc2ccccc2s1. The summed E-state index contributed by atoms with van der Waals surface area (Å²) in [5.74, 6) is -0.438. The molecule has 0 aliphatic rings. The van der Waals surface area contributed by atoms with Crippen molar-refractivity contribution in [1.82, 2.24) is 4.98 Å². The third-order valence-corrected chi connectivity index (χ3v) is 3.32. The first-order chi connectivity index (χ1) is 7.70. The highest BCUT2D eigenvalue weighted by atomic mass is 32.1. The van der Waals surface area contributed by atoms with Gasteiger partial charge in [0.15, 0.2) is 0 Å². The topological polar surface area (TPSA) is 59.4 Å². The van der Waals surface area contributed by atoms with Crippen LogP contribution in [0.25, 0.3) is 10.2 Å². The van der Waals surface area contributed by atoms with Crippen molar-refractivity contribution in [2.75, 3.05) is 7.11 Å². The number of aliphatic hydroxyl groups excluding tert-OH is 1. The van der Waals surface area contributed by atoms with Crippen LogP contribution in [-0.4, -0.2) is 23.2 Å². The average molecular weight is 237 g/mol. The Labute approximate surface area is 96.5 Å². The van der Waals surface area contributed by atoms with Gasteiger partial charge in [-0.2, -0.15) is 0 Å². The maximum atomic E-state index is 11.0. The molecule has 2 rings (SSSR count). The number of ether oxygens (including phenoxy) is 1. The molecule has 0 aliphatic heterocycles. The van der Waals surface area contributed by atoms with E-state index in [9.17, 15) is 9.90 Å². The van der Waals surface area contributed by atoms with Gasteiger partial charge in [-0.3, -0.25) is 4.79 Å². The molecule has 2 aromatic rings. The molecule has 0 saturated heterocycles. The Morgan fingerprint density at radius 2 is 2.31 bits per heavy atom. The van der Waals surface area contributed by atoms with Crippen LogP contribution in [0.15, 0.2) is 24.3 Å². The zero-order valence-corrected chi connectivity index (χ0v) is 9.53. The molecule has 16 heavy (non-hydrogen) atoms. The average Bonchev–Trinajstić information content (AvgIpc) is 2.72. The van der Waals surface area contributed by atoms with Gasteiger partial charge in [0.05, 0.1) is 23.7 Å². The summed E-state index contributed by atoms with van der Waals surface area (Å²) in [5.41, 5.74) is 0.839. The monoisotopic (exact) mass is 237 g/mol. The number of aliphatic hydroxyl groups is 1. The van der Waals surface area contributed by atoms with Crippen molar-refractivity contribution in [3.63, 3.8) is 0 Å². The maximum absolute atomic E-state index is 11.0. The summed E-state index contributed by atoms with van der Waals surface area (Å²) in [4.78, 5) is 15.3. The summed E-state index contributed by atoms with van der Waals surface area (Å²) in [7, 11) is 1.30. The first kappa shape index (κ1) is 11.0. The van der Waals surface area contributed by atoms with Crippen LogP contribution in [0.2, 0.25) is 0 Å². The van der Waals surface area contributed by atoms with Crippen LogP contribution >= 0.6 is 11.3 Å². The van der Waals surface area contributed by atoms with Crippen molar-refractivity contribution in [1.29, 1.82) is 0 Å². The fraction of sp³-hybridized carbons (Fsp3) is 0.273. The van der Waals surface area contributed by atoms with Gasteiger partial charge in [0, 0.05) is 0 Å². The van der Waals surface area contributed by atoms with Crippen LogP contribution in [0.3, 0.4) is 0 Å². The number of fused-ring (bicyclic) bond motifs is 1. The van der Waals surface area contributed by atoms with E-state index in [-0.39, 0.29) is 6.42 Å². The fourth-order valence-electron chi connectivity index (χ4n) is 1.36. The molecule has 0 unspecified atom stereocenters. The van der Waals surface area contributed by atoms with E-state index in [1.54, 1.807) is 0 Å². The highest BCUT2D eigenvalue weighted by Gasteiger charge is 2.17. The number of benzene rings is 1. The smallest absolute Gasteiger partial charge is 0.308 e. The number of nitrogens with zero attached hydrogens (tertiary/aromatic N) is 1. The minimum atomic E-state index is -0.884. The summed E-state index contributed by atoms with van der Waals surface area (Å²) in [6, 6.07) is 7.61. The van der Waals surface area contributed by atoms with Crippen LogP contribution in [-0.2, 0) is 9.53 Å². The fourth-order valence-corrected chi connectivity index (χ4v) is 2.31. The molecule has 84 valence electrons. The molecule has 1 aromatic heterocycles. The molecule has 1 atom stereocenters. The number of carbonyl (C=O) groups excluding carboxylic acids is 1. The van der Waals surface area contributed by atoms with E-state index in [0.717, 1.165) is 10.2 Å². The van der Waals surface area contributed by atoms with Crippen molar-refractivity contribution in [3.05, 3.63) is 29.3 Å². The predicted molar refractivity (Wildman–Crippen MR) is 61.2 cm³/mol. The number of esters is 1. The molecule has 1 N–H and O–H groups in total. The molecule has 4 nitrogen and oxygen atoms in total. The molecule has 1 aromatic carbocycles. The van der Waals surface area contributed by atoms with Crippen molar-refractivity contribution >= 4 is 27.5 Å². The minimum absolute atomic E-state index is 0.0592. The number of hydrogen-bond donors (Lipinski definition) is 1. The second-order valence-corrected chi connectivity index (χ2v) is 4.38. The number of methoxy groups -OCH3 is 1. The van der Waals surface area contributed by atoms with Crippen molar-refractivity contribution < 1.29 is 14.6 Å². The number of hydrogen-bond acceptors (Lipinski definition) is 5. The molecule has 0 radical (unpaired) electrons. The Kier molecular flexibility index (Phi) is 3.17. The van der Waals surface area contributed by atoms with E-state index in [2.05, 4.69) is 9.72 Å². The summed E-state index contributed by atoms with van der Waals surface area (Å²) < 4.78 is 5.50. The molecule has 0 amide bonds. The van der Waals surface area contributed by atoms with Crippen LogP contribution in [0.1, 0.15) is 17.5 Å². The Balaban J connectivity index is 2.23. The predicted octanol–water partition coefficient (Wildman–Crippen LogP) is 1.89. The van der Waals surface area contributed by atoms with Gasteiger partial charge in [-0.15, -0.1) is 11.3 Å². The zero-order valence-electron chi connectivity index (χ0n) is 8.71. The van der Waals surface area contributed by atoms with E-state index >= 15 is 0 Å². The Bertz CT molecular complexity index is 476. The van der Waals surface area contributed by atoms with Gasteiger partial charge < -0.3 is 9.84 Å². The van der Waals surface area contributed by atoms with Gasteiger partial charge in [-0.25, -0.2) is 4.98 Å². The molecule has 0 aliphatic carbocycles. The third kappa shape index (κ3) is 2.20. The molecule has 5 heteroatoms. The zero-order chi connectivity index (χ0) is 11.5. The van der Waals surface area contributed by atoms with Gasteiger partial charge in [-0.05, 0) is 12.1 Å². The second-order valence-electron chi connectivity index (χ2n) is 3.32.